The number of hydrogen-bond acceptors (Lipinski definition) is 8. The number of halogens is 2. The van der Waals surface area contributed by atoms with Crippen molar-refractivity contribution in [2.24, 2.45) is 0 Å². The van der Waals surface area contributed by atoms with Crippen LogP contribution in [0.4, 0.5) is 11.8 Å². The molecule has 0 spiro atoms. The Kier molecular flexibility index (Phi) is 3.77. The number of nitrogens with two attached hydrogens (primary N) is 2. The number of aliphatic hydroxyl groups excluding tert-OH is 2. The zero-order valence-electron chi connectivity index (χ0n) is 11.5. The van der Waals surface area contributed by atoms with E-state index < -0.39 is 27.6 Å². The molecule has 2 aromatic heterocycles. The highest BCUT2D eigenvalue weighted by atomic mass is 79.9. The molecule has 3 atom stereocenters. The smallest absolute Gasteiger partial charge is 0.240 e. The lowest BCUT2D eigenvalue weighted by atomic mass is 9.95. The highest BCUT2D eigenvalue weighted by Gasteiger charge is 2.66. The molecule has 9 nitrogen and oxygen atoms in total. The van der Waals surface area contributed by atoms with Crippen LogP contribution >= 0.6 is 31.9 Å². The van der Waals surface area contributed by atoms with E-state index in [1.165, 1.54) is 4.52 Å². The summed E-state index contributed by atoms with van der Waals surface area (Å²) in [7, 11) is 0. The van der Waals surface area contributed by atoms with Crippen molar-refractivity contribution in [3.8, 4) is 6.07 Å². The molecule has 0 radical (unpaired) electrons. The van der Waals surface area contributed by atoms with Crippen LogP contribution in [-0.2, 0) is 10.3 Å². The van der Waals surface area contributed by atoms with Crippen LogP contribution in [-0.4, -0.2) is 46.9 Å². The van der Waals surface area contributed by atoms with Gasteiger partial charge in [-0.05, 0) is 12.1 Å². The van der Waals surface area contributed by atoms with Gasteiger partial charge in [-0.3, -0.25) is 0 Å². The number of hydrogen-bond donors (Lipinski definition) is 4. The summed E-state index contributed by atoms with van der Waals surface area (Å²) in [4.78, 5) is 3.86. The van der Waals surface area contributed by atoms with E-state index in [0.29, 0.717) is 5.52 Å². The van der Waals surface area contributed by atoms with E-state index in [0.717, 1.165) is 0 Å². The number of aliphatic hydroxyl groups is 2. The molecule has 0 aliphatic carbocycles. The summed E-state index contributed by atoms with van der Waals surface area (Å²) in [6.07, 6.45) is -2.18. The summed E-state index contributed by atoms with van der Waals surface area (Å²) < 4.78 is 5.65. The van der Waals surface area contributed by atoms with Gasteiger partial charge in [0.15, 0.2) is 9.05 Å². The molecule has 23 heavy (non-hydrogen) atoms. The standard InChI is InChI=1S/C12H12Br2N6O3/c13-12(14)8(22)6(3-21)23-11(12,4-15)7-2-1-5-9(16)18-10(17)19-20(5)7/h1-2,6,8,21-22H,3H2,(H4,16,17,18,19)/t6-,8?,11+/m1/s1. The van der Waals surface area contributed by atoms with Crippen LogP contribution in [0, 0.1) is 11.3 Å². The molecular weight excluding hydrogens is 436 g/mol. The van der Waals surface area contributed by atoms with Crippen molar-refractivity contribution in [2.75, 3.05) is 18.1 Å². The highest BCUT2D eigenvalue weighted by molar-refractivity contribution is 9.25. The first-order valence-electron chi connectivity index (χ1n) is 6.45. The van der Waals surface area contributed by atoms with Gasteiger partial charge >= 0.3 is 0 Å². The highest BCUT2D eigenvalue weighted by Crippen LogP contribution is 2.55. The molecule has 1 aliphatic rings. The Morgan fingerprint density at radius 1 is 1.43 bits per heavy atom. The maximum Gasteiger partial charge on any atom is 0.240 e. The van der Waals surface area contributed by atoms with Gasteiger partial charge in [0.05, 0.1) is 12.3 Å². The lowest BCUT2D eigenvalue weighted by Gasteiger charge is -2.31. The third-order valence-corrected chi connectivity index (χ3v) is 5.83. The van der Waals surface area contributed by atoms with E-state index in [9.17, 15) is 15.5 Å². The fraction of sp³-hybridized carbons (Fsp3) is 0.417. The van der Waals surface area contributed by atoms with Crippen molar-refractivity contribution in [1.29, 1.82) is 5.26 Å². The van der Waals surface area contributed by atoms with Crippen LogP contribution < -0.4 is 11.5 Å². The Morgan fingerprint density at radius 3 is 2.70 bits per heavy atom. The van der Waals surface area contributed by atoms with Crippen molar-refractivity contribution in [1.82, 2.24) is 14.6 Å². The maximum atomic E-state index is 10.3. The van der Waals surface area contributed by atoms with Gasteiger partial charge in [0, 0.05) is 0 Å². The molecule has 1 fully saturated rings. The molecule has 3 rings (SSSR count). The summed E-state index contributed by atoms with van der Waals surface area (Å²) in [5, 5.41) is 33.6. The third-order valence-electron chi connectivity index (χ3n) is 3.77. The van der Waals surface area contributed by atoms with E-state index in [1.54, 1.807) is 12.1 Å². The molecule has 3 heterocycles. The molecule has 1 saturated heterocycles. The molecule has 0 saturated carbocycles. The predicted octanol–water partition coefficient (Wildman–Crippen LogP) is -0.149. The minimum atomic E-state index is -1.69. The first kappa shape index (κ1) is 16.4. The van der Waals surface area contributed by atoms with Crippen molar-refractivity contribution in [3.63, 3.8) is 0 Å². The van der Waals surface area contributed by atoms with Gasteiger partial charge in [0.25, 0.3) is 0 Å². The fourth-order valence-electron chi connectivity index (χ4n) is 2.64. The molecule has 0 bridgehead atoms. The zero-order valence-corrected chi connectivity index (χ0v) is 14.7. The Labute approximate surface area is 147 Å². The second-order valence-electron chi connectivity index (χ2n) is 5.07. The van der Waals surface area contributed by atoms with Gasteiger partial charge in [-0.1, -0.05) is 31.9 Å². The van der Waals surface area contributed by atoms with E-state index in [1.807, 2.05) is 6.07 Å². The number of nitriles is 1. The van der Waals surface area contributed by atoms with E-state index in [2.05, 4.69) is 41.9 Å². The SMILES string of the molecule is N#C[C@@]1(c2ccc3c(N)nc(N)nn23)O[C@H](CO)C(O)C1(Br)Br. The number of nitrogens with zero attached hydrogens (tertiary/aromatic N) is 4. The molecule has 11 heteroatoms. The van der Waals surface area contributed by atoms with Crippen molar-refractivity contribution in [2.45, 2.75) is 21.0 Å². The van der Waals surface area contributed by atoms with Crippen LogP contribution in [0.2, 0.25) is 0 Å². The van der Waals surface area contributed by atoms with Gasteiger partial charge in [-0.15, -0.1) is 5.10 Å². The van der Waals surface area contributed by atoms with Crippen molar-refractivity contribution >= 4 is 49.1 Å². The minimum Gasteiger partial charge on any atom is -0.394 e. The average Bonchev–Trinajstić information content (AvgIpc) is 2.99. The normalized spacial score (nSPS) is 29.7. The van der Waals surface area contributed by atoms with E-state index >= 15 is 0 Å². The lowest BCUT2D eigenvalue weighted by Crippen LogP contribution is -2.45. The van der Waals surface area contributed by atoms with Gasteiger partial charge in [0.1, 0.15) is 23.8 Å². The molecule has 2 aromatic rings. The summed E-state index contributed by atoms with van der Waals surface area (Å²) in [6.45, 7) is -0.466. The van der Waals surface area contributed by atoms with Crippen LogP contribution in [0.25, 0.3) is 5.52 Å². The van der Waals surface area contributed by atoms with Gasteiger partial charge in [-0.2, -0.15) is 10.2 Å². The van der Waals surface area contributed by atoms with Gasteiger partial charge in [0.2, 0.25) is 11.5 Å². The predicted molar refractivity (Wildman–Crippen MR) is 87.7 cm³/mol. The molecule has 1 unspecified atom stereocenters. The number of nitrogen functional groups attached to an aromatic ring is 2. The largest absolute Gasteiger partial charge is 0.394 e. The Bertz CT molecular complexity index is 819. The number of alkyl halides is 2. The molecule has 0 amide bonds. The summed E-state index contributed by atoms with van der Waals surface area (Å²) >= 11 is 6.61. The van der Waals surface area contributed by atoms with Gasteiger partial charge in [-0.25, -0.2) is 4.52 Å². The third kappa shape index (κ3) is 2.06. The number of aromatic nitrogens is 3. The molecule has 1 aliphatic heterocycles. The second kappa shape index (κ2) is 5.29. The molecule has 0 aromatic carbocycles. The summed E-state index contributed by atoms with van der Waals surface area (Å²) in [6, 6.07) is 5.23. The average molecular weight is 448 g/mol. The Balaban J connectivity index is 2.29. The number of anilines is 2. The number of rotatable bonds is 2. The molecular formula is C12H12Br2N6O3. The summed E-state index contributed by atoms with van der Waals surface area (Å²) in [5.74, 6) is 0.0661. The second-order valence-corrected chi connectivity index (χ2v) is 8.64. The topological polar surface area (TPSA) is 156 Å². The van der Waals surface area contributed by atoms with Crippen LogP contribution in [0.5, 0.6) is 0 Å². The number of fused-ring (bicyclic) bond motifs is 1. The van der Waals surface area contributed by atoms with Crippen LogP contribution in [0.15, 0.2) is 12.1 Å². The van der Waals surface area contributed by atoms with Crippen molar-refractivity contribution < 1.29 is 14.9 Å². The Morgan fingerprint density at radius 2 is 2.13 bits per heavy atom. The summed E-state index contributed by atoms with van der Waals surface area (Å²) in [5.41, 5.74) is 10.5. The lowest BCUT2D eigenvalue weighted by molar-refractivity contribution is -0.0519. The number of ether oxygens (including phenoxy) is 1. The first-order valence-corrected chi connectivity index (χ1v) is 8.04. The maximum absolute atomic E-state index is 10.3. The zero-order chi connectivity index (χ0) is 17.0. The van der Waals surface area contributed by atoms with Crippen molar-refractivity contribution in [3.05, 3.63) is 17.8 Å². The van der Waals surface area contributed by atoms with Crippen LogP contribution in [0.3, 0.4) is 0 Å². The van der Waals surface area contributed by atoms with E-state index in [-0.39, 0.29) is 17.5 Å². The molecule has 122 valence electrons. The minimum absolute atomic E-state index is 0.0764. The Hall–Kier alpha value is -1.45. The van der Waals surface area contributed by atoms with Crippen LogP contribution in [0.1, 0.15) is 5.69 Å². The van der Waals surface area contributed by atoms with Gasteiger partial charge < -0.3 is 26.4 Å². The molecule has 6 N–H and O–H groups in total. The monoisotopic (exact) mass is 446 g/mol. The first-order chi connectivity index (χ1) is 10.8. The quantitative estimate of drug-likeness (QED) is 0.463. The fourth-order valence-corrected chi connectivity index (χ4v) is 4.00. The van der Waals surface area contributed by atoms with E-state index in [4.69, 9.17) is 16.2 Å².